The number of halogens is 2. The van der Waals surface area contributed by atoms with E-state index in [0.717, 1.165) is 50.1 Å². The van der Waals surface area contributed by atoms with Gasteiger partial charge in [0, 0.05) is 48.7 Å². The van der Waals surface area contributed by atoms with Gasteiger partial charge in [0.05, 0.1) is 0 Å². The molecule has 3 rings (SSSR count). The van der Waals surface area contributed by atoms with Gasteiger partial charge in [-0.1, -0.05) is 17.7 Å². The summed E-state index contributed by atoms with van der Waals surface area (Å²) in [6.07, 6.45) is 7.50. The maximum Gasteiger partial charge on any atom is 0.124 e. The van der Waals surface area contributed by atoms with E-state index >= 15 is 0 Å². The van der Waals surface area contributed by atoms with Crippen molar-refractivity contribution in [2.45, 2.75) is 32.0 Å². The summed E-state index contributed by atoms with van der Waals surface area (Å²) in [6, 6.07) is 5.06. The van der Waals surface area contributed by atoms with Gasteiger partial charge in [0.2, 0.25) is 0 Å². The van der Waals surface area contributed by atoms with Gasteiger partial charge in [-0.15, -0.1) is 0 Å². The lowest BCUT2D eigenvalue weighted by Gasteiger charge is -2.33. The van der Waals surface area contributed by atoms with Crippen LogP contribution in [0, 0.1) is 5.82 Å². The standard InChI is InChI=1S/C17H20ClFN4/c18-17-6-15(19)4-3-14(17)10-23-5-1-2-16(11-23)22-9-13-7-20-12-21-8-13/h3-4,6-8,12,16,22H,1-2,5,9-11H2/t16-/m0/s1. The summed E-state index contributed by atoms with van der Waals surface area (Å²) < 4.78 is 13.1. The first kappa shape index (κ1) is 16.3. The molecule has 122 valence electrons. The highest BCUT2D eigenvalue weighted by atomic mass is 35.5. The van der Waals surface area contributed by atoms with Crippen molar-refractivity contribution in [1.29, 1.82) is 0 Å². The van der Waals surface area contributed by atoms with E-state index in [1.807, 2.05) is 12.4 Å². The molecule has 23 heavy (non-hydrogen) atoms. The summed E-state index contributed by atoms with van der Waals surface area (Å²) in [7, 11) is 0. The predicted molar refractivity (Wildman–Crippen MR) is 88.6 cm³/mol. The molecule has 2 heterocycles. The highest BCUT2D eigenvalue weighted by molar-refractivity contribution is 6.31. The molecule has 0 aliphatic carbocycles. The fraction of sp³-hybridized carbons (Fsp3) is 0.412. The molecule has 0 saturated carbocycles. The molecule has 1 aromatic carbocycles. The third-order valence-electron chi connectivity index (χ3n) is 4.12. The Morgan fingerprint density at radius 1 is 1.30 bits per heavy atom. The number of rotatable bonds is 5. The number of benzene rings is 1. The topological polar surface area (TPSA) is 41.0 Å². The molecule has 6 heteroatoms. The van der Waals surface area contributed by atoms with E-state index in [1.165, 1.54) is 18.5 Å². The van der Waals surface area contributed by atoms with E-state index < -0.39 is 0 Å². The van der Waals surface area contributed by atoms with Gasteiger partial charge in [-0.25, -0.2) is 14.4 Å². The number of hydrogen-bond donors (Lipinski definition) is 1. The Morgan fingerprint density at radius 2 is 2.13 bits per heavy atom. The number of hydrogen-bond acceptors (Lipinski definition) is 4. The largest absolute Gasteiger partial charge is 0.309 e. The molecule has 2 aromatic rings. The lowest BCUT2D eigenvalue weighted by Crippen LogP contribution is -2.45. The van der Waals surface area contributed by atoms with Gasteiger partial charge in [-0.05, 0) is 37.1 Å². The third kappa shape index (κ3) is 4.70. The number of aromatic nitrogens is 2. The Labute approximate surface area is 140 Å². The van der Waals surface area contributed by atoms with Crippen LogP contribution in [0.1, 0.15) is 24.0 Å². The predicted octanol–water partition coefficient (Wildman–Crippen LogP) is 3.02. The molecule has 1 N–H and O–H groups in total. The summed E-state index contributed by atoms with van der Waals surface area (Å²) in [5.74, 6) is -0.290. The average Bonchev–Trinajstić information content (AvgIpc) is 2.57. The van der Waals surface area contributed by atoms with Crippen molar-refractivity contribution < 1.29 is 4.39 Å². The van der Waals surface area contributed by atoms with Gasteiger partial charge in [-0.3, -0.25) is 4.90 Å². The molecule has 1 fully saturated rings. The molecule has 4 nitrogen and oxygen atoms in total. The van der Waals surface area contributed by atoms with E-state index in [-0.39, 0.29) is 5.82 Å². The van der Waals surface area contributed by atoms with Gasteiger partial charge in [0.15, 0.2) is 0 Å². The first-order chi connectivity index (χ1) is 11.2. The van der Waals surface area contributed by atoms with Crippen LogP contribution in [-0.2, 0) is 13.1 Å². The molecule has 1 saturated heterocycles. The molecule has 0 spiro atoms. The first-order valence-electron chi connectivity index (χ1n) is 7.84. The minimum atomic E-state index is -0.290. The van der Waals surface area contributed by atoms with E-state index in [4.69, 9.17) is 11.6 Å². The zero-order valence-corrected chi connectivity index (χ0v) is 13.6. The number of piperidine rings is 1. The van der Waals surface area contributed by atoms with Crippen molar-refractivity contribution >= 4 is 11.6 Å². The van der Waals surface area contributed by atoms with Gasteiger partial charge < -0.3 is 5.32 Å². The van der Waals surface area contributed by atoms with E-state index in [0.29, 0.717) is 11.1 Å². The van der Waals surface area contributed by atoms with Crippen molar-refractivity contribution in [3.63, 3.8) is 0 Å². The van der Waals surface area contributed by atoms with Gasteiger partial charge >= 0.3 is 0 Å². The normalized spacial score (nSPS) is 19.0. The zero-order chi connectivity index (χ0) is 16.1. The second kappa shape index (κ2) is 7.81. The van der Waals surface area contributed by atoms with Crippen LogP contribution in [0.25, 0.3) is 0 Å². The van der Waals surface area contributed by atoms with Crippen LogP contribution in [0.4, 0.5) is 4.39 Å². The van der Waals surface area contributed by atoms with Gasteiger partial charge in [0.1, 0.15) is 12.1 Å². The molecule has 1 aliphatic heterocycles. The highest BCUT2D eigenvalue weighted by Crippen LogP contribution is 2.21. The Balaban J connectivity index is 1.53. The van der Waals surface area contributed by atoms with E-state index in [9.17, 15) is 4.39 Å². The van der Waals surface area contributed by atoms with Crippen LogP contribution in [0.15, 0.2) is 36.9 Å². The molecule has 1 atom stereocenters. The molecular weight excluding hydrogens is 315 g/mol. The van der Waals surface area contributed by atoms with Gasteiger partial charge in [-0.2, -0.15) is 0 Å². The van der Waals surface area contributed by atoms with Crippen molar-refractivity contribution in [1.82, 2.24) is 20.2 Å². The summed E-state index contributed by atoms with van der Waals surface area (Å²) in [4.78, 5) is 10.4. The first-order valence-corrected chi connectivity index (χ1v) is 8.22. The second-order valence-electron chi connectivity index (χ2n) is 5.94. The number of nitrogens with zero attached hydrogens (tertiary/aromatic N) is 3. The fourth-order valence-corrected chi connectivity index (χ4v) is 3.17. The van der Waals surface area contributed by atoms with Crippen molar-refractivity contribution in [2.75, 3.05) is 13.1 Å². The zero-order valence-electron chi connectivity index (χ0n) is 12.9. The lowest BCUT2D eigenvalue weighted by molar-refractivity contribution is 0.182. The number of nitrogens with one attached hydrogen (secondary N) is 1. The maximum absolute atomic E-state index is 13.1. The molecule has 0 bridgehead atoms. The molecular formula is C17H20ClFN4. The molecule has 0 radical (unpaired) electrons. The Bertz CT molecular complexity index is 638. The van der Waals surface area contributed by atoms with E-state index in [2.05, 4.69) is 20.2 Å². The van der Waals surface area contributed by atoms with E-state index in [1.54, 1.807) is 6.07 Å². The monoisotopic (exact) mass is 334 g/mol. The minimum absolute atomic E-state index is 0.290. The average molecular weight is 335 g/mol. The fourth-order valence-electron chi connectivity index (χ4n) is 2.94. The molecule has 1 aliphatic rings. The Hall–Kier alpha value is -1.56. The van der Waals surface area contributed by atoms with Crippen LogP contribution in [0.2, 0.25) is 5.02 Å². The lowest BCUT2D eigenvalue weighted by atomic mass is 10.0. The minimum Gasteiger partial charge on any atom is -0.309 e. The molecule has 0 unspecified atom stereocenters. The number of likely N-dealkylation sites (tertiary alicyclic amines) is 1. The summed E-state index contributed by atoms with van der Waals surface area (Å²) in [6.45, 7) is 3.53. The summed E-state index contributed by atoms with van der Waals surface area (Å²) >= 11 is 6.13. The Morgan fingerprint density at radius 3 is 2.91 bits per heavy atom. The van der Waals surface area contributed by atoms with Crippen LogP contribution < -0.4 is 5.32 Å². The third-order valence-corrected chi connectivity index (χ3v) is 4.48. The molecule has 0 amide bonds. The summed E-state index contributed by atoms with van der Waals surface area (Å²) in [5.41, 5.74) is 2.07. The van der Waals surface area contributed by atoms with Crippen LogP contribution in [-0.4, -0.2) is 34.0 Å². The maximum atomic E-state index is 13.1. The van der Waals surface area contributed by atoms with Gasteiger partial charge in [0.25, 0.3) is 0 Å². The summed E-state index contributed by atoms with van der Waals surface area (Å²) in [5, 5.41) is 4.06. The van der Waals surface area contributed by atoms with Crippen molar-refractivity contribution in [3.05, 3.63) is 58.9 Å². The van der Waals surface area contributed by atoms with Crippen LogP contribution in [0.5, 0.6) is 0 Å². The smallest absolute Gasteiger partial charge is 0.124 e. The van der Waals surface area contributed by atoms with Crippen LogP contribution >= 0.6 is 11.6 Å². The van der Waals surface area contributed by atoms with Crippen LogP contribution in [0.3, 0.4) is 0 Å². The second-order valence-corrected chi connectivity index (χ2v) is 6.34. The molecule has 1 aromatic heterocycles. The van der Waals surface area contributed by atoms with Crippen molar-refractivity contribution in [2.24, 2.45) is 0 Å². The highest BCUT2D eigenvalue weighted by Gasteiger charge is 2.20. The SMILES string of the molecule is Fc1ccc(CN2CCC[C@H](NCc3cncnc3)C2)c(Cl)c1. The van der Waals surface area contributed by atoms with Crippen molar-refractivity contribution in [3.8, 4) is 0 Å². The quantitative estimate of drug-likeness (QED) is 0.912. The Kier molecular flexibility index (Phi) is 5.54.